The summed E-state index contributed by atoms with van der Waals surface area (Å²) in [6, 6.07) is 0.936. The lowest BCUT2D eigenvalue weighted by molar-refractivity contribution is -0.0710. The summed E-state index contributed by atoms with van der Waals surface area (Å²) >= 11 is 0. The normalized spacial score (nSPS) is 30.4. The first kappa shape index (κ1) is 14.0. The van der Waals surface area contributed by atoms with Crippen LogP contribution in [-0.4, -0.2) is 23.3 Å². The van der Waals surface area contributed by atoms with E-state index in [1.807, 2.05) is 0 Å². The van der Waals surface area contributed by atoms with Crippen molar-refractivity contribution in [2.45, 2.75) is 85.1 Å². The van der Waals surface area contributed by atoms with E-state index in [2.05, 4.69) is 60.7 Å². The fraction of sp³-hybridized carbons (Fsp3) is 1.00. The van der Waals surface area contributed by atoms with Crippen LogP contribution in [-0.2, 0) is 4.74 Å². The van der Waals surface area contributed by atoms with Gasteiger partial charge in [0.2, 0.25) is 0 Å². The first-order valence-corrected chi connectivity index (χ1v) is 6.40. The molecule has 0 radical (unpaired) electrons. The SMILES string of the molecule is CC(NC1CC(C)(C)OC1(C)C)C(C)(C)C. The van der Waals surface area contributed by atoms with Crippen LogP contribution >= 0.6 is 0 Å². The molecule has 0 aromatic rings. The van der Waals surface area contributed by atoms with E-state index in [1.54, 1.807) is 0 Å². The lowest BCUT2D eigenvalue weighted by atomic mass is 9.85. The summed E-state index contributed by atoms with van der Waals surface area (Å²) in [5.74, 6) is 0. The van der Waals surface area contributed by atoms with Crippen LogP contribution in [0.2, 0.25) is 0 Å². The average Bonchev–Trinajstić information content (AvgIpc) is 2.17. The average molecular weight is 227 g/mol. The molecule has 2 heteroatoms. The van der Waals surface area contributed by atoms with Crippen LogP contribution < -0.4 is 5.32 Å². The van der Waals surface area contributed by atoms with Gasteiger partial charge in [-0.1, -0.05) is 20.8 Å². The quantitative estimate of drug-likeness (QED) is 0.781. The Hall–Kier alpha value is -0.0800. The topological polar surface area (TPSA) is 21.3 Å². The van der Waals surface area contributed by atoms with Crippen LogP contribution in [0.25, 0.3) is 0 Å². The Bertz CT molecular complexity index is 250. The van der Waals surface area contributed by atoms with E-state index in [0.29, 0.717) is 17.5 Å². The van der Waals surface area contributed by atoms with Gasteiger partial charge in [0, 0.05) is 12.1 Å². The zero-order valence-electron chi connectivity index (χ0n) is 12.3. The Kier molecular flexibility index (Phi) is 3.49. The molecule has 1 aliphatic rings. The largest absolute Gasteiger partial charge is 0.368 e. The summed E-state index contributed by atoms with van der Waals surface area (Å²) in [6.45, 7) is 17.8. The van der Waals surface area contributed by atoms with Crippen molar-refractivity contribution in [3.63, 3.8) is 0 Å². The number of ether oxygens (including phenoxy) is 1. The third kappa shape index (κ3) is 3.21. The summed E-state index contributed by atoms with van der Waals surface area (Å²) < 4.78 is 6.10. The van der Waals surface area contributed by atoms with Gasteiger partial charge in [0.15, 0.2) is 0 Å². The predicted molar refractivity (Wildman–Crippen MR) is 69.7 cm³/mol. The van der Waals surface area contributed by atoms with Crippen molar-refractivity contribution in [1.29, 1.82) is 0 Å². The Balaban J connectivity index is 2.69. The molecule has 0 spiro atoms. The van der Waals surface area contributed by atoms with Gasteiger partial charge in [-0.3, -0.25) is 0 Å². The first-order chi connectivity index (χ1) is 6.94. The van der Waals surface area contributed by atoms with E-state index in [1.165, 1.54) is 0 Å². The van der Waals surface area contributed by atoms with Crippen molar-refractivity contribution in [3.8, 4) is 0 Å². The maximum atomic E-state index is 6.10. The second-order valence-electron chi connectivity index (χ2n) is 7.48. The molecule has 1 rings (SSSR count). The molecule has 0 amide bonds. The minimum Gasteiger partial charge on any atom is -0.368 e. The second kappa shape index (κ2) is 3.99. The third-order valence-corrected chi connectivity index (χ3v) is 3.82. The Labute approximate surface area is 101 Å². The monoisotopic (exact) mass is 227 g/mol. The highest BCUT2D eigenvalue weighted by Gasteiger charge is 2.46. The van der Waals surface area contributed by atoms with Gasteiger partial charge < -0.3 is 10.1 Å². The molecule has 1 aliphatic heterocycles. The van der Waals surface area contributed by atoms with Gasteiger partial charge in [-0.15, -0.1) is 0 Å². The zero-order valence-corrected chi connectivity index (χ0v) is 12.3. The summed E-state index contributed by atoms with van der Waals surface area (Å²) in [7, 11) is 0. The highest BCUT2D eigenvalue weighted by atomic mass is 16.5. The smallest absolute Gasteiger partial charge is 0.0787 e. The van der Waals surface area contributed by atoms with Gasteiger partial charge >= 0.3 is 0 Å². The number of hydrogen-bond donors (Lipinski definition) is 1. The molecule has 1 heterocycles. The van der Waals surface area contributed by atoms with Gasteiger partial charge in [0.05, 0.1) is 11.2 Å². The summed E-state index contributed by atoms with van der Waals surface area (Å²) in [5, 5.41) is 3.74. The Morgan fingerprint density at radius 2 is 1.69 bits per heavy atom. The number of rotatable bonds is 2. The fourth-order valence-electron chi connectivity index (χ4n) is 2.37. The number of hydrogen-bond acceptors (Lipinski definition) is 2. The molecule has 1 saturated heterocycles. The van der Waals surface area contributed by atoms with Gasteiger partial charge in [-0.2, -0.15) is 0 Å². The molecule has 0 aromatic heterocycles. The molecule has 0 aliphatic carbocycles. The maximum Gasteiger partial charge on any atom is 0.0787 e. The van der Waals surface area contributed by atoms with Gasteiger partial charge in [0.25, 0.3) is 0 Å². The third-order valence-electron chi connectivity index (χ3n) is 3.82. The van der Waals surface area contributed by atoms with E-state index >= 15 is 0 Å². The highest BCUT2D eigenvalue weighted by molar-refractivity contribution is 5.00. The Morgan fingerprint density at radius 3 is 2.00 bits per heavy atom. The highest BCUT2D eigenvalue weighted by Crippen LogP contribution is 2.38. The van der Waals surface area contributed by atoms with Gasteiger partial charge in [-0.05, 0) is 46.5 Å². The van der Waals surface area contributed by atoms with Gasteiger partial charge in [-0.25, -0.2) is 0 Å². The molecule has 0 saturated carbocycles. The van der Waals surface area contributed by atoms with Crippen molar-refractivity contribution in [2.75, 3.05) is 0 Å². The van der Waals surface area contributed by atoms with Crippen molar-refractivity contribution >= 4 is 0 Å². The van der Waals surface area contributed by atoms with E-state index in [0.717, 1.165) is 6.42 Å². The summed E-state index contributed by atoms with van der Waals surface area (Å²) in [4.78, 5) is 0. The molecular formula is C14H29NO. The predicted octanol–water partition coefficient (Wildman–Crippen LogP) is 3.36. The molecule has 1 fully saturated rings. The van der Waals surface area contributed by atoms with E-state index < -0.39 is 0 Å². The van der Waals surface area contributed by atoms with E-state index in [4.69, 9.17) is 4.74 Å². The molecule has 2 atom stereocenters. The molecule has 0 bridgehead atoms. The zero-order chi connectivity index (χ0) is 12.8. The maximum absolute atomic E-state index is 6.10. The van der Waals surface area contributed by atoms with E-state index in [9.17, 15) is 0 Å². The minimum atomic E-state index is -0.0665. The second-order valence-corrected chi connectivity index (χ2v) is 7.48. The van der Waals surface area contributed by atoms with Crippen molar-refractivity contribution in [2.24, 2.45) is 5.41 Å². The molecule has 16 heavy (non-hydrogen) atoms. The van der Waals surface area contributed by atoms with E-state index in [-0.39, 0.29) is 11.2 Å². The fourth-order valence-corrected chi connectivity index (χ4v) is 2.37. The molecule has 2 nitrogen and oxygen atoms in total. The van der Waals surface area contributed by atoms with Crippen molar-refractivity contribution in [3.05, 3.63) is 0 Å². The molecular weight excluding hydrogens is 198 g/mol. The van der Waals surface area contributed by atoms with Crippen molar-refractivity contribution in [1.82, 2.24) is 5.32 Å². The molecule has 1 N–H and O–H groups in total. The standard InChI is InChI=1S/C14H29NO/c1-10(12(2,3)4)15-11-9-13(5,6)16-14(11,7)8/h10-11,15H,9H2,1-8H3. The summed E-state index contributed by atoms with van der Waals surface area (Å²) in [6.07, 6.45) is 1.08. The lowest BCUT2D eigenvalue weighted by Gasteiger charge is -2.35. The van der Waals surface area contributed by atoms with Crippen LogP contribution in [0.15, 0.2) is 0 Å². The van der Waals surface area contributed by atoms with Gasteiger partial charge in [0.1, 0.15) is 0 Å². The van der Waals surface area contributed by atoms with Crippen LogP contribution in [0.4, 0.5) is 0 Å². The Morgan fingerprint density at radius 1 is 1.19 bits per heavy atom. The molecule has 2 unspecified atom stereocenters. The molecule has 0 aromatic carbocycles. The number of nitrogens with one attached hydrogen (secondary N) is 1. The molecule has 96 valence electrons. The van der Waals surface area contributed by atoms with Crippen LogP contribution in [0.5, 0.6) is 0 Å². The van der Waals surface area contributed by atoms with Crippen LogP contribution in [0.3, 0.4) is 0 Å². The van der Waals surface area contributed by atoms with Crippen LogP contribution in [0, 0.1) is 5.41 Å². The lowest BCUT2D eigenvalue weighted by Crippen LogP contribution is -2.50. The van der Waals surface area contributed by atoms with Crippen molar-refractivity contribution < 1.29 is 4.74 Å². The summed E-state index contributed by atoms with van der Waals surface area (Å²) in [5.41, 5.74) is 0.227. The minimum absolute atomic E-state index is 0.00122. The first-order valence-electron chi connectivity index (χ1n) is 6.40. The van der Waals surface area contributed by atoms with Crippen LogP contribution in [0.1, 0.15) is 61.8 Å².